The van der Waals surface area contributed by atoms with Gasteiger partial charge in [-0.05, 0) is 62.4 Å². The maximum absolute atomic E-state index is 12.4. The van der Waals surface area contributed by atoms with E-state index in [4.69, 9.17) is 11.6 Å². The van der Waals surface area contributed by atoms with Gasteiger partial charge in [-0.1, -0.05) is 23.7 Å². The molecule has 1 aromatic rings. The molecule has 0 bridgehead atoms. The largest absolute Gasteiger partial charge is 0.306 e. The van der Waals surface area contributed by atoms with E-state index in [1.54, 1.807) is 0 Å². The average molecular weight is 270 g/mol. The van der Waals surface area contributed by atoms with Crippen molar-refractivity contribution < 1.29 is 4.39 Å². The quantitative estimate of drug-likeness (QED) is 0.795. The van der Waals surface area contributed by atoms with E-state index >= 15 is 0 Å². The predicted molar refractivity (Wildman–Crippen MR) is 75.0 cm³/mol. The minimum absolute atomic E-state index is 0.201. The Morgan fingerprint density at radius 3 is 2.72 bits per heavy atom. The van der Waals surface area contributed by atoms with Crippen molar-refractivity contribution in [1.82, 2.24) is 4.90 Å². The Hall–Kier alpha value is -0.600. The molecule has 100 valence electrons. The smallest absolute Gasteiger partial charge is 0.0894 e. The minimum Gasteiger partial charge on any atom is -0.306 e. The molecule has 1 nitrogen and oxygen atoms in total. The number of alkyl halides is 1. The number of hydrogen-bond donors (Lipinski definition) is 0. The van der Waals surface area contributed by atoms with E-state index in [9.17, 15) is 4.39 Å². The Morgan fingerprint density at radius 2 is 2.06 bits per heavy atom. The lowest BCUT2D eigenvalue weighted by atomic mass is 9.78. The van der Waals surface area contributed by atoms with Crippen LogP contribution in [-0.4, -0.2) is 31.7 Å². The highest BCUT2D eigenvalue weighted by Gasteiger charge is 2.28. The Balaban J connectivity index is 2.09. The number of likely N-dealkylation sites (tertiary alicyclic amines) is 1. The Kier molecular flexibility index (Phi) is 5.02. The van der Waals surface area contributed by atoms with Crippen LogP contribution in [-0.2, 0) is 0 Å². The monoisotopic (exact) mass is 269 g/mol. The second-order valence-corrected chi connectivity index (χ2v) is 5.74. The molecule has 0 aliphatic carbocycles. The van der Waals surface area contributed by atoms with Gasteiger partial charge in [0.1, 0.15) is 0 Å². The standard InChI is InChI=1S/C15H21ClFN/c1-18-10-8-15(13(11-18)3-2-9-17)12-4-6-14(16)7-5-12/h4-7,13,15H,2-3,8-11H2,1H3/t13-,15+/m0/s1. The topological polar surface area (TPSA) is 3.24 Å². The van der Waals surface area contributed by atoms with Gasteiger partial charge in [0.25, 0.3) is 0 Å². The highest BCUT2D eigenvalue weighted by Crippen LogP contribution is 2.35. The van der Waals surface area contributed by atoms with E-state index in [1.165, 1.54) is 5.56 Å². The second-order valence-electron chi connectivity index (χ2n) is 5.30. The summed E-state index contributed by atoms with van der Waals surface area (Å²) in [6, 6.07) is 8.17. The predicted octanol–water partition coefficient (Wildman–Crippen LogP) is 4.13. The van der Waals surface area contributed by atoms with Crippen LogP contribution in [0.15, 0.2) is 24.3 Å². The number of piperidine rings is 1. The van der Waals surface area contributed by atoms with Crippen LogP contribution in [0.2, 0.25) is 5.02 Å². The third-order valence-electron chi connectivity index (χ3n) is 3.94. The molecular weight excluding hydrogens is 249 g/mol. The van der Waals surface area contributed by atoms with E-state index in [-0.39, 0.29) is 6.67 Å². The van der Waals surface area contributed by atoms with Crippen LogP contribution < -0.4 is 0 Å². The third kappa shape index (κ3) is 3.46. The van der Waals surface area contributed by atoms with Gasteiger partial charge in [0.05, 0.1) is 6.67 Å². The molecule has 0 aromatic heterocycles. The fourth-order valence-corrected chi connectivity index (χ4v) is 3.12. The number of nitrogens with zero attached hydrogens (tertiary/aromatic N) is 1. The molecule has 0 radical (unpaired) electrons. The van der Waals surface area contributed by atoms with Crippen LogP contribution in [0.5, 0.6) is 0 Å². The SMILES string of the molecule is CN1CC[C@H](c2ccc(Cl)cc2)[C@@H](CCCF)C1. The molecule has 0 saturated carbocycles. The first-order valence-electron chi connectivity index (χ1n) is 6.70. The van der Waals surface area contributed by atoms with Crippen molar-refractivity contribution in [3.63, 3.8) is 0 Å². The zero-order valence-corrected chi connectivity index (χ0v) is 11.7. The third-order valence-corrected chi connectivity index (χ3v) is 4.20. The van der Waals surface area contributed by atoms with Crippen LogP contribution in [0.3, 0.4) is 0 Å². The van der Waals surface area contributed by atoms with Crippen LogP contribution in [0, 0.1) is 5.92 Å². The molecule has 0 amide bonds. The lowest BCUT2D eigenvalue weighted by Crippen LogP contribution is -2.37. The summed E-state index contributed by atoms with van der Waals surface area (Å²) in [5.74, 6) is 1.13. The Labute approximate surface area is 114 Å². The normalized spacial score (nSPS) is 25.3. The van der Waals surface area contributed by atoms with E-state index in [0.29, 0.717) is 18.3 Å². The zero-order chi connectivity index (χ0) is 13.0. The van der Waals surface area contributed by atoms with Crippen LogP contribution in [0.4, 0.5) is 4.39 Å². The molecule has 0 N–H and O–H groups in total. The molecule has 1 aromatic carbocycles. The fraction of sp³-hybridized carbons (Fsp3) is 0.600. The summed E-state index contributed by atoms with van der Waals surface area (Å²) in [6.45, 7) is 2.00. The van der Waals surface area contributed by atoms with E-state index < -0.39 is 0 Å². The summed E-state index contributed by atoms with van der Waals surface area (Å²) < 4.78 is 12.4. The molecule has 0 spiro atoms. The van der Waals surface area contributed by atoms with Crippen LogP contribution >= 0.6 is 11.6 Å². The molecule has 3 heteroatoms. The van der Waals surface area contributed by atoms with E-state index in [0.717, 1.165) is 31.0 Å². The maximum Gasteiger partial charge on any atom is 0.0894 e. The first-order chi connectivity index (χ1) is 8.70. The average Bonchev–Trinajstić information content (AvgIpc) is 2.38. The molecule has 1 saturated heterocycles. The lowest BCUT2D eigenvalue weighted by Gasteiger charge is -2.37. The van der Waals surface area contributed by atoms with Crippen molar-refractivity contribution in [2.45, 2.75) is 25.2 Å². The van der Waals surface area contributed by atoms with E-state index in [2.05, 4.69) is 24.1 Å². The first kappa shape index (κ1) is 13.8. The van der Waals surface area contributed by atoms with Gasteiger partial charge in [0.15, 0.2) is 0 Å². The highest BCUT2D eigenvalue weighted by atomic mass is 35.5. The molecule has 1 aliphatic rings. The summed E-state index contributed by atoms with van der Waals surface area (Å²) in [4.78, 5) is 2.36. The maximum atomic E-state index is 12.4. The van der Waals surface area contributed by atoms with Crippen LogP contribution in [0.1, 0.15) is 30.7 Å². The summed E-state index contributed by atoms with van der Waals surface area (Å²) in [5.41, 5.74) is 1.36. The van der Waals surface area contributed by atoms with Crippen molar-refractivity contribution in [2.75, 3.05) is 26.8 Å². The molecule has 1 heterocycles. The van der Waals surface area contributed by atoms with Crippen molar-refractivity contribution in [2.24, 2.45) is 5.92 Å². The number of rotatable bonds is 4. The molecule has 0 unspecified atom stereocenters. The summed E-state index contributed by atoms with van der Waals surface area (Å²) in [5, 5.41) is 0.784. The van der Waals surface area contributed by atoms with Crippen molar-refractivity contribution in [3.8, 4) is 0 Å². The molecule has 2 rings (SSSR count). The van der Waals surface area contributed by atoms with Crippen molar-refractivity contribution >= 4 is 11.6 Å². The molecule has 2 atom stereocenters. The number of benzene rings is 1. The highest BCUT2D eigenvalue weighted by molar-refractivity contribution is 6.30. The lowest BCUT2D eigenvalue weighted by molar-refractivity contribution is 0.171. The fourth-order valence-electron chi connectivity index (χ4n) is 2.99. The van der Waals surface area contributed by atoms with E-state index in [1.807, 2.05) is 12.1 Å². The van der Waals surface area contributed by atoms with Gasteiger partial charge in [0, 0.05) is 11.6 Å². The van der Waals surface area contributed by atoms with Gasteiger partial charge in [-0.3, -0.25) is 4.39 Å². The zero-order valence-electron chi connectivity index (χ0n) is 10.9. The minimum atomic E-state index is -0.201. The molecular formula is C15H21ClFN. The Morgan fingerprint density at radius 1 is 1.33 bits per heavy atom. The summed E-state index contributed by atoms with van der Waals surface area (Å²) in [7, 11) is 2.15. The number of halogens is 2. The Bertz CT molecular complexity index is 365. The van der Waals surface area contributed by atoms with Crippen LogP contribution in [0.25, 0.3) is 0 Å². The van der Waals surface area contributed by atoms with Gasteiger partial charge < -0.3 is 4.90 Å². The van der Waals surface area contributed by atoms with Gasteiger partial charge >= 0.3 is 0 Å². The van der Waals surface area contributed by atoms with Crippen molar-refractivity contribution in [3.05, 3.63) is 34.9 Å². The number of hydrogen-bond acceptors (Lipinski definition) is 1. The van der Waals surface area contributed by atoms with Gasteiger partial charge in [-0.2, -0.15) is 0 Å². The van der Waals surface area contributed by atoms with Gasteiger partial charge in [-0.25, -0.2) is 0 Å². The second kappa shape index (κ2) is 6.53. The van der Waals surface area contributed by atoms with Gasteiger partial charge in [-0.15, -0.1) is 0 Å². The first-order valence-corrected chi connectivity index (χ1v) is 7.08. The summed E-state index contributed by atoms with van der Waals surface area (Å²) >= 11 is 5.94. The molecule has 18 heavy (non-hydrogen) atoms. The summed E-state index contributed by atoms with van der Waals surface area (Å²) in [6.07, 6.45) is 2.83. The molecule has 1 fully saturated rings. The van der Waals surface area contributed by atoms with Gasteiger partial charge in [0.2, 0.25) is 0 Å². The van der Waals surface area contributed by atoms with Crippen molar-refractivity contribution in [1.29, 1.82) is 0 Å². The molecule has 1 aliphatic heterocycles.